The molecule has 56 heavy (non-hydrogen) atoms. The lowest BCUT2D eigenvalue weighted by atomic mass is 10.0. The van der Waals surface area contributed by atoms with Gasteiger partial charge in [-0.15, -0.1) is 0 Å². The second kappa shape index (κ2) is 12.6. The fraction of sp³-hybridized carbons (Fsp3) is 0. The first kappa shape index (κ1) is 32.0. The highest BCUT2D eigenvalue weighted by Crippen LogP contribution is 2.44. The number of halogens is 2. The molecule has 0 spiro atoms. The summed E-state index contributed by atoms with van der Waals surface area (Å²) in [5.41, 5.74) is 8.25. The van der Waals surface area contributed by atoms with Crippen molar-refractivity contribution in [3.63, 3.8) is 0 Å². The van der Waals surface area contributed by atoms with Crippen LogP contribution >= 0.6 is 0 Å². The standard InChI is InChI=1S/C50H30F2N2O2/c51-35-9-7-15-39(29-35)53(37-11-3-1-4-12-37)41-19-17-31-25-43-47(27-33(31)23-41)55-45-21-22-46-50(49(43)45)44-26-32-18-20-42(24-34(32)28-48(44)56-46)54(38-13-5-2-6-14-38)40-16-8-10-36(52)30-40/h1-30H. The number of anilines is 6. The Morgan fingerprint density at radius 2 is 0.714 bits per heavy atom. The van der Waals surface area contributed by atoms with Crippen molar-refractivity contribution >= 4 is 99.5 Å². The molecule has 0 saturated carbocycles. The largest absolute Gasteiger partial charge is 0.456 e. The summed E-state index contributed by atoms with van der Waals surface area (Å²) < 4.78 is 42.0. The number of benzene rings is 9. The number of nitrogens with zero attached hydrogens (tertiary/aromatic N) is 2. The average Bonchev–Trinajstić information content (AvgIpc) is 3.77. The molecule has 11 rings (SSSR count). The van der Waals surface area contributed by atoms with Crippen molar-refractivity contribution in [2.24, 2.45) is 0 Å². The van der Waals surface area contributed by atoms with Crippen molar-refractivity contribution in [2.45, 2.75) is 0 Å². The zero-order valence-corrected chi connectivity index (χ0v) is 29.8. The Hall–Kier alpha value is -7.44. The Morgan fingerprint density at radius 3 is 1.14 bits per heavy atom. The van der Waals surface area contributed by atoms with Crippen LogP contribution in [0.1, 0.15) is 0 Å². The van der Waals surface area contributed by atoms with Gasteiger partial charge in [0.05, 0.1) is 0 Å². The first-order valence-corrected chi connectivity index (χ1v) is 18.4. The predicted molar refractivity (Wildman–Crippen MR) is 225 cm³/mol. The molecule has 0 aliphatic rings. The smallest absolute Gasteiger partial charge is 0.136 e. The number of hydrogen-bond donors (Lipinski definition) is 0. The highest BCUT2D eigenvalue weighted by atomic mass is 19.1. The third-order valence-corrected chi connectivity index (χ3v) is 10.6. The molecule has 11 aromatic rings. The monoisotopic (exact) mass is 728 g/mol. The molecule has 0 aliphatic heterocycles. The fourth-order valence-electron chi connectivity index (χ4n) is 8.15. The second-order valence-corrected chi connectivity index (χ2v) is 14.1. The molecule has 4 nitrogen and oxygen atoms in total. The Bertz CT molecular complexity index is 3080. The van der Waals surface area contributed by atoms with Crippen LogP contribution in [0.2, 0.25) is 0 Å². The van der Waals surface area contributed by atoms with Gasteiger partial charge in [0.1, 0.15) is 34.0 Å². The summed E-state index contributed by atoms with van der Waals surface area (Å²) in [7, 11) is 0. The molecular weight excluding hydrogens is 699 g/mol. The van der Waals surface area contributed by atoms with E-state index in [1.165, 1.54) is 12.1 Å². The van der Waals surface area contributed by atoms with E-state index in [-0.39, 0.29) is 11.6 Å². The Balaban J connectivity index is 1.05. The maximum absolute atomic E-state index is 14.5. The summed E-state index contributed by atoms with van der Waals surface area (Å²) in [5.74, 6) is -0.584. The SMILES string of the molecule is Fc1cccc(N(c2ccccc2)c2ccc3cc4c(cc3c2)oc2ccc3oc5cc6cc(N(c7ccccc7)c7cccc(F)c7)ccc6cc5c3c24)c1. The number of furan rings is 2. The van der Waals surface area contributed by atoms with Crippen LogP contribution in [-0.4, -0.2) is 0 Å². The van der Waals surface area contributed by atoms with E-state index in [0.29, 0.717) is 0 Å². The van der Waals surface area contributed by atoms with Gasteiger partial charge in [0.15, 0.2) is 0 Å². The van der Waals surface area contributed by atoms with Gasteiger partial charge in [-0.2, -0.15) is 0 Å². The molecule has 0 bridgehead atoms. The average molecular weight is 729 g/mol. The van der Waals surface area contributed by atoms with E-state index < -0.39 is 0 Å². The number of para-hydroxylation sites is 2. The number of hydrogen-bond acceptors (Lipinski definition) is 4. The van der Waals surface area contributed by atoms with E-state index in [4.69, 9.17) is 8.83 Å². The van der Waals surface area contributed by atoms with Crippen molar-refractivity contribution in [3.8, 4) is 0 Å². The molecule has 0 fully saturated rings. The highest BCUT2D eigenvalue weighted by molar-refractivity contribution is 6.27. The van der Waals surface area contributed by atoms with Gasteiger partial charge in [0, 0.05) is 55.7 Å². The molecule has 0 atom stereocenters. The minimum atomic E-state index is -0.292. The lowest BCUT2D eigenvalue weighted by molar-refractivity contribution is 0.627. The minimum absolute atomic E-state index is 0.292. The maximum atomic E-state index is 14.5. The van der Waals surface area contributed by atoms with Gasteiger partial charge in [-0.1, -0.05) is 60.7 Å². The van der Waals surface area contributed by atoms with Crippen LogP contribution in [0.25, 0.3) is 65.4 Å². The van der Waals surface area contributed by atoms with E-state index in [1.807, 2.05) is 84.9 Å². The van der Waals surface area contributed by atoms with Crippen molar-refractivity contribution < 1.29 is 17.6 Å². The van der Waals surface area contributed by atoms with Gasteiger partial charge in [0.25, 0.3) is 0 Å². The van der Waals surface area contributed by atoms with Crippen LogP contribution in [0.3, 0.4) is 0 Å². The maximum Gasteiger partial charge on any atom is 0.136 e. The third-order valence-electron chi connectivity index (χ3n) is 10.6. The van der Waals surface area contributed by atoms with E-state index in [0.717, 1.165) is 99.5 Å². The minimum Gasteiger partial charge on any atom is -0.456 e. The molecule has 0 unspecified atom stereocenters. The van der Waals surface area contributed by atoms with Crippen LogP contribution in [0.4, 0.5) is 42.9 Å². The molecule has 0 saturated heterocycles. The summed E-state index contributed by atoms with van der Waals surface area (Å²) in [5, 5.41) is 8.13. The van der Waals surface area contributed by atoms with Crippen LogP contribution in [0.5, 0.6) is 0 Å². The fourth-order valence-corrected chi connectivity index (χ4v) is 8.15. The van der Waals surface area contributed by atoms with Gasteiger partial charge in [-0.05, 0) is 143 Å². The van der Waals surface area contributed by atoms with E-state index in [9.17, 15) is 8.78 Å². The summed E-state index contributed by atoms with van der Waals surface area (Å²) in [6, 6.07) is 58.4. The van der Waals surface area contributed by atoms with Crippen molar-refractivity contribution in [1.29, 1.82) is 0 Å². The predicted octanol–water partition coefficient (Wildman–Crippen LogP) is 15.0. The zero-order chi connectivity index (χ0) is 37.3. The van der Waals surface area contributed by atoms with Gasteiger partial charge in [-0.25, -0.2) is 8.78 Å². The highest BCUT2D eigenvalue weighted by Gasteiger charge is 2.20. The molecule has 2 aromatic heterocycles. The lowest BCUT2D eigenvalue weighted by Gasteiger charge is -2.25. The van der Waals surface area contributed by atoms with Crippen LogP contribution in [-0.2, 0) is 0 Å². The molecule has 6 heteroatoms. The molecule has 0 N–H and O–H groups in total. The lowest BCUT2D eigenvalue weighted by Crippen LogP contribution is -2.09. The van der Waals surface area contributed by atoms with Crippen molar-refractivity contribution in [1.82, 2.24) is 0 Å². The van der Waals surface area contributed by atoms with Gasteiger partial charge < -0.3 is 18.6 Å². The molecule has 0 radical (unpaired) electrons. The van der Waals surface area contributed by atoms with Gasteiger partial charge in [0.2, 0.25) is 0 Å². The Kier molecular flexibility index (Phi) is 7.19. The van der Waals surface area contributed by atoms with Crippen molar-refractivity contribution in [2.75, 3.05) is 9.80 Å². The molecule has 266 valence electrons. The second-order valence-electron chi connectivity index (χ2n) is 14.1. The number of rotatable bonds is 6. The molecular formula is C50H30F2N2O2. The van der Waals surface area contributed by atoms with Gasteiger partial charge in [-0.3, -0.25) is 0 Å². The summed E-state index contributed by atoms with van der Waals surface area (Å²) >= 11 is 0. The number of fused-ring (bicyclic) bond motifs is 9. The van der Waals surface area contributed by atoms with Crippen LogP contribution in [0.15, 0.2) is 191 Å². The molecule has 9 aromatic carbocycles. The van der Waals surface area contributed by atoms with Crippen molar-refractivity contribution in [3.05, 3.63) is 194 Å². The quantitative estimate of drug-likeness (QED) is 0.171. The van der Waals surface area contributed by atoms with E-state index in [1.54, 1.807) is 24.3 Å². The van der Waals surface area contributed by atoms with E-state index >= 15 is 0 Å². The normalized spacial score (nSPS) is 11.8. The van der Waals surface area contributed by atoms with Crippen LogP contribution in [0, 0.1) is 11.6 Å². The first-order chi connectivity index (χ1) is 27.5. The summed E-state index contributed by atoms with van der Waals surface area (Å²) in [6.45, 7) is 0. The summed E-state index contributed by atoms with van der Waals surface area (Å²) in [4.78, 5) is 4.11. The third kappa shape index (κ3) is 5.26. The Labute approximate surface area is 319 Å². The molecule has 0 aliphatic carbocycles. The van der Waals surface area contributed by atoms with Crippen LogP contribution < -0.4 is 9.80 Å². The summed E-state index contributed by atoms with van der Waals surface area (Å²) in [6.07, 6.45) is 0. The Morgan fingerprint density at radius 1 is 0.304 bits per heavy atom. The zero-order valence-electron chi connectivity index (χ0n) is 29.8. The molecule has 0 amide bonds. The molecule has 2 heterocycles. The van der Waals surface area contributed by atoms with Gasteiger partial charge >= 0.3 is 0 Å². The topological polar surface area (TPSA) is 32.8 Å². The first-order valence-electron chi connectivity index (χ1n) is 18.4. The van der Waals surface area contributed by atoms with E-state index in [2.05, 4.69) is 70.5 Å².